The van der Waals surface area contributed by atoms with Gasteiger partial charge in [0, 0.05) is 25.9 Å². The summed E-state index contributed by atoms with van der Waals surface area (Å²) in [6.07, 6.45) is -4.20. The molecule has 0 aliphatic carbocycles. The van der Waals surface area contributed by atoms with Crippen LogP contribution in [0.2, 0.25) is 0 Å². The molecule has 2 amide bonds. The quantitative estimate of drug-likeness (QED) is 0.643. The van der Waals surface area contributed by atoms with Crippen LogP contribution in [-0.2, 0) is 25.8 Å². The number of hydrogen-bond donors (Lipinski definition) is 2. The van der Waals surface area contributed by atoms with Crippen LogP contribution in [0.4, 0.5) is 24.5 Å². The Hall–Kier alpha value is -2.92. The summed E-state index contributed by atoms with van der Waals surface area (Å²) >= 11 is 0. The number of anilines is 2. The zero-order valence-electron chi connectivity index (χ0n) is 19.0. The number of nitrogens with zero attached hydrogens (tertiary/aromatic N) is 1. The van der Waals surface area contributed by atoms with Gasteiger partial charge in [-0.3, -0.25) is 9.59 Å². The predicted octanol–water partition coefficient (Wildman–Crippen LogP) is 4.32. The van der Waals surface area contributed by atoms with Crippen molar-refractivity contribution in [2.45, 2.75) is 44.7 Å². The molecule has 3 rings (SSSR count). The lowest BCUT2D eigenvalue weighted by atomic mass is 9.97. The van der Waals surface area contributed by atoms with Gasteiger partial charge in [0.05, 0.1) is 21.8 Å². The Balaban J connectivity index is 1.72. The van der Waals surface area contributed by atoms with Crippen LogP contribution in [0.3, 0.4) is 0 Å². The second-order valence-electron chi connectivity index (χ2n) is 8.35. The highest BCUT2D eigenvalue weighted by Crippen LogP contribution is 2.35. The van der Waals surface area contributed by atoms with Crippen LogP contribution in [0.1, 0.15) is 36.5 Å². The van der Waals surface area contributed by atoms with E-state index < -0.39 is 39.5 Å². The zero-order valence-corrected chi connectivity index (χ0v) is 19.8. The summed E-state index contributed by atoms with van der Waals surface area (Å²) in [5, 5.41) is 4.88. The molecule has 0 aromatic heterocycles. The largest absolute Gasteiger partial charge is 0.416 e. The van der Waals surface area contributed by atoms with Gasteiger partial charge in [0.1, 0.15) is 0 Å². The minimum absolute atomic E-state index is 0.0450. The average molecular weight is 498 g/mol. The molecule has 2 N–H and O–H groups in total. The van der Waals surface area contributed by atoms with Crippen molar-refractivity contribution in [2.75, 3.05) is 23.7 Å². The summed E-state index contributed by atoms with van der Waals surface area (Å²) in [5.74, 6) is -1.62. The first-order valence-electron chi connectivity index (χ1n) is 10.7. The Kier molecular flexibility index (Phi) is 7.37. The lowest BCUT2D eigenvalue weighted by molar-refractivity contribution is -0.137. The average Bonchev–Trinajstić information content (AvgIpc) is 2.75. The van der Waals surface area contributed by atoms with Gasteiger partial charge in [0.25, 0.3) is 0 Å². The topological polar surface area (TPSA) is 95.6 Å². The summed E-state index contributed by atoms with van der Waals surface area (Å²) in [6.45, 7) is 5.13. The molecule has 1 saturated heterocycles. The van der Waals surface area contributed by atoms with E-state index in [1.165, 1.54) is 11.2 Å². The fraction of sp³-hybridized carbons (Fsp3) is 0.391. The maximum absolute atomic E-state index is 13.1. The molecule has 1 aliphatic rings. The Bertz CT molecular complexity index is 1200. The minimum Gasteiger partial charge on any atom is -0.325 e. The van der Waals surface area contributed by atoms with Gasteiger partial charge in [0.15, 0.2) is 0 Å². The van der Waals surface area contributed by atoms with Gasteiger partial charge in [-0.25, -0.2) is 8.42 Å². The van der Waals surface area contributed by atoms with Crippen LogP contribution in [0, 0.1) is 19.8 Å². The van der Waals surface area contributed by atoms with E-state index in [0.29, 0.717) is 0 Å². The van der Waals surface area contributed by atoms with E-state index in [0.717, 1.165) is 29.3 Å². The smallest absolute Gasteiger partial charge is 0.325 e. The fourth-order valence-electron chi connectivity index (χ4n) is 3.74. The molecule has 2 aromatic rings. The van der Waals surface area contributed by atoms with E-state index in [9.17, 15) is 31.2 Å². The van der Waals surface area contributed by atoms with E-state index in [-0.39, 0.29) is 42.2 Å². The van der Waals surface area contributed by atoms with Gasteiger partial charge in [-0.15, -0.1) is 0 Å². The number of nitrogens with one attached hydrogen (secondary N) is 2. The molecule has 0 atom stereocenters. The maximum Gasteiger partial charge on any atom is 0.416 e. The van der Waals surface area contributed by atoms with Gasteiger partial charge in [-0.1, -0.05) is 6.07 Å². The van der Waals surface area contributed by atoms with Crippen LogP contribution in [-0.4, -0.2) is 37.6 Å². The molecule has 1 heterocycles. The number of aryl methyl sites for hydroxylation is 2. The number of alkyl halides is 3. The van der Waals surface area contributed by atoms with E-state index in [2.05, 4.69) is 10.6 Å². The van der Waals surface area contributed by atoms with Crippen molar-refractivity contribution in [1.29, 1.82) is 0 Å². The van der Waals surface area contributed by atoms with Crippen LogP contribution < -0.4 is 10.6 Å². The van der Waals surface area contributed by atoms with Crippen molar-refractivity contribution in [3.05, 3.63) is 53.1 Å². The number of carbonyl (C=O) groups excluding carboxylic acids is 2. The number of piperidine rings is 1. The number of amides is 2. The molecule has 0 radical (unpaired) electrons. The number of rotatable bonds is 5. The number of benzene rings is 2. The highest BCUT2D eigenvalue weighted by Gasteiger charge is 2.34. The van der Waals surface area contributed by atoms with E-state index >= 15 is 0 Å². The highest BCUT2D eigenvalue weighted by molar-refractivity contribution is 7.89. The van der Waals surface area contributed by atoms with E-state index in [4.69, 9.17) is 0 Å². The molecule has 0 unspecified atom stereocenters. The molecule has 184 valence electrons. The Morgan fingerprint density at radius 3 is 2.15 bits per heavy atom. The molecule has 0 saturated carbocycles. The monoisotopic (exact) mass is 497 g/mol. The highest BCUT2D eigenvalue weighted by atomic mass is 32.2. The maximum atomic E-state index is 13.1. The van der Waals surface area contributed by atoms with Crippen LogP contribution >= 0.6 is 0 Å². The minimum atomic E-state index is -4.62. The van der Waals surface area contributed by atoms with Crippen LogP contribution in [0.5, 0.6) is 0 Å². The summed E-state index contributed by atoms with van der Waals surface area (Å²) in [4.78, 5) is 24.4. The lowest BCUT2D eigenvalue weighted by Gasteiger charge is -2.31. The normalized spacial score (nSPS) is 15.7. The Labute approximate surface area is 196 Å². The number of hydrogen-bond acceptors (Lipinski definition) is 4. The Morgan fingerprint density at radius 1 is 0.941 bits per heavy atom. The van der Waals surface area contributed by atoms with Crippen LogP contribution in [0.15, 0.2) is 41.3 Å². The molecule has 1 aliphatic heterocycles. The fourth-order valence-corrected chi connectivity index (χ4v) is 5.29. The molecule has 2 aromatic carbocycles. The summed E-state index contributed by atoms with van der Waals surface area (Å²) in [7, 11) is -3.72. The second-order valence-corrected chi connectivity index (χ2v) is 10.3. The van der Waals surface area contributed by atoms with Crippen molar-refractivity contribution >= 4 is 33.2 Å². The third kappa shape index (κ3) is 5.76. The number of sulfonamides is 1. The molecular formula is C23H26F3N3O4S. The second kappa shape index (κ2) is 9.75. The van der Waals surface area contributed by atoms with Gasteiger partial charge in [0.2, 0.25) is 21.8 Å². The third-order valence-electron chi connectivity index (χ3n) is 5.86. The molecule has 1 fully saturated rings. The SMILES string of the molecule is CC(=O)Nc1ccc(C(F)(F)F)cc1NC(=O)C1CCN(S(=O)(=O)c2ccc(C)c(C)c2)CC1. The van der Waals surface area contributed by atoms with E-state index in [1.807, 2.05) is 13.8 Å². The standard InChI is InChI=1S/C23H26F3N3O4S/c1-14-4-6-19(12-15(14)2)34(32,33)29-10-8-17(9-11-29)22(31)28-21-13-18(23(24,25)26)5-7-20(21)27-16(3)30/h4-7,12-13,17H,8-11H2,1-3H3,(H,27,30)(H,28,31). The zero-order chi connectivity index (χ0) is 25.3. The van der Waals surface area contributed by atoms with Gasteiger partial charge < -0.3 is 10.6 Å². The Morgan fingerprint density at radius 2 is 1.59 bits per heavy atom. The van der Waals surface area contributed by atoms with Crippen molar-refractivity contribution in [1.82, 2.24) is 4.31 Å². The van der Waals surface area contributed by atoms with Crippen LogP contribution in [0.25, 0.3) is 0 Å². The first-order valence-corrected chi connectivity index (χ1v) is 12.1. The third-order valence-corrected chi connectivity index (χ3v) is 7.75. The molecule has 0 bridgehead atoms. The predicted molar refractivity (Wildman–Crippen MR) is 122 cm³/mol. The van der Waals surface area contributed by atoms with Gasteiger partial charge in [-0.05, 0) is 68.1 Å². The van der Waals surface area contributed by atoms with E-state index in [1.54, 1.807) is 18.2 Å². The first kappa shape index (κ1) is 25.7. The van der Waals surface area contributed by atoms with Crippen molar-refractivity contribution in [3.63, 3.8) is 0 Å². The van der Waals surface area contributed by atoms with Gasteiger partial charge >= 0.3 is 6.18 Å². The molecule has 11 heteroatoms. The lowest BCUT2D eigenvalue weighted by Crippen LogP contribution is -2.41. The number of carbonyl (C=O) groups is 2. The summed E-state index contributed by atoms with van der Waals surface area (Å²) in [5.41, 5.74) is 0.740. The molecule has 34 heavy (non-hydrogen) atoms. The first-order chi connectivity index (χ1) is 15.8. The summed E-state index contributed by atoms with van der Waals surface area (Å²) < 4.78 is 66.7. The van der Waals surface area contributed by atoms with Crippen molar-refractivity contribution in [3.8, 4) is 0 Å². The molecular weight excluding hydrogens is 471 g/mol. The number of halogens is 3. The molecule has 7 nitrogen and oxygen atoms in total. The summed E-state index contributed by atoms with van der Waals surface area (Å²) in [6, 6.07) is 7.57. The molecule has 0 spiro atoms. The van der Waals surface area contributed by atoms with Crippen molar-refractivity contribution in [2.24, 2.45) is 5.92 Å². The van der Waals surface area contributed by atoms with Crippen molar-refractivity contribution < 1.29 is 31.2 Å². The van der Waals surface area contributed by atoms with Gasteiger partial charge in [-0.2, -0.15) is 17.5 Å².